The lowest BCUT2D eigenvalue weighted by Crippen LogP contribution is -2.29. The Balaban J connectivity index is 4.25. The second-order valence-corrected chi connectivity index (χ2v) is 15.0. The third-order valence-corrected chi connectivity index (χ3v) is 9.51. The summed E-state index contributed by atoms with van der Waals surface area (Å²) in [7, 11) is -4.38. The molecule has 0 amide bonds. The highest BCUT2D eigenvalue weighted by Gasteiger charge is 2.25. The summed E-state index contributed by atoms with van der Waals surface area (Å²) in [6, 6.07) is 0. The molecule has 10 heteroatoms. The van der Waals surface area contributed by atoms with Crippen molar-refractivity contribution in [1.82, 2.24) is 0 Å². The molecule has 0 aromatic carbocycles. The molecule has 0 spiro atoms. The van der Waals surface area contributed by atoms with E-state index in [9.17, 15) is 19.0 Å². The van der Waals surface area contributed by atoms with E-state index in [1.807, 2.05) is 0 Å². The number of hydrogen-bond donors (Lipinski definition) is 2. The van der Waals surface area contributed by atoms with Crippen molar-refractivity contribution in [2.24, 2.45) is 5.73 Å². The van der Waals surface area contributed by atoms with Gasteiger partial charge < -0.3 is 20.1 Å². The van der Waals surface area contributed by atoms with E-state index in [4.69, 9.17) is 24.3 Å². The van der Waals surface area contributed by atoms with Crippen LogP contribution in [0.5, 0.6) is 0 Å². The Morgan fingerprint density at radius 3 is 1.57 bits per heavy atom. The van der Waals surface area contributed by atoms with Crippen LogP contribution in [-0.2, 0) is 32.7 Å². The van der Waals surface area contributed by atoms with Gasteiger partial charge in [0.1, 0.15) is 6.61 Å². The summed E-state index contributed by atoms with van der Waals surface area (Å²) < 4.78 is 32.7. The van der Waals surface area contributed by atoms with Crippen molar-refractivity contribution >= 4 is 19.8 Å². The van der Waals surface area contributed by atoms with Crippen LogP contribution in [0.4, 0.5) is 0 Å². The van der Waals surface area contributed by atoms with Crippen molar-refractivity contribution in [3.05, 3.63) is 36.5 Å². The fourth-order valence-electron chi connectivity index (χ4n) is 5.44. The number of nitrogens with two attached hydrogens (primary N) is 1. The van der Waals surface area contributed by atoms with Gasteiger partial charge in [-0.3, -0.25) is 18.6 Å². The minimum Gasteiger partial charge on any atom is -0.462 e. The normalized spacial score (nSPS) is 13.7. The Morgan fingerprint density at radius 1 is 0.588 bits per heavy atom. The van der Waals surface area contributed by atoms with E-state index in [1.165, 1.54) is 83.5 Å². The first kappa shape index (κ1) is 49.2. The predicted molar refractivity (Wildman–Crippen MR) is 210 cm³/mol. The molecule has 0 aliphatic carbocycles. The van der Waals surface area contributed by atoms with Crippen molar-refractivity contribution in [1.29, 1.82) is 0 Å². The Labute approximate surface area is 312 Å². The molecule has 0 aliphatic rings. The third kappa shape index (κ3) is 37.8. The fourth-order valence-corrected chi connectivity index (χ4v) is 6.21. The van der Waals surface area contributed by atoms with Crippen molar-refractivity contribution < 1.29 is 37.6 Å². The van der Waals surface area contributed by atoms with Gasteiger partial charge in [0.15, 0.2) is 6.10 Å². The quantitative estimate of drug-likeness (QED) is 0.0208. The molecule has 0 radical (unpaired) electrons. The molecule has 0 saturated carbocycles. The molecule has 51 heavy (non-hydrogen) atoms. The molecule has 0 aromatic heterocycles. The van der Waals surface area contributed by atoms with Gasteiger partial charge in [0.25, 0.3) is 0 Å². The number of phosphoric ester groups is 1. The molecule has 0 bridgehead atoms. The SMILES string of the molecule is CCCCCC/C=C/C=C/CCCCCCCC(=O)O[C@H](COC(=O)CCCC/C=C/CCCCCCCCCCC)COP(=O)(O)OCCN. The van der Waals surface area contributed by atoms with Crippen molar-refractivity contribution in [3.63, 3.8) is 0 Å². The summed E-state index contributed by atoms with van der Waals surface area (Å²) in [4.78, 5) is 34.8. The highest BCUT2D eigenvalue weighted by molar-refractivity contribution is 7.47. The second-order valence-electron chi connectivity index (χ2n) is 13.5. The highest BCUT2D eigenvalue weighted by atomic mass is 31.2. The minimum absolute atomic E-state index is 0.0480. The molecule has 1 unspecified atom stereocenters. The molecule has 0 heterocycles. The number of allylic oxidation sites excluding steroid dienone is 6. The summed E-state index contributed by atoms with van der Waals surface area (Å²) in [5, 5.41) is 0. The van der Waals surface area contributed by atoms with E-state index in [2.05, 4.69) is 50.3 Å². The van der Waals surface area contributed by atoms with Gasteiger partial charge in [0.05, 0.1) is 13.2 Å². The van der Waals surface area contributed by atoms with Crippen LogP contribution in [0.25, 0.3) is 0 Å². The maximum Gasteiger partial charge on any atom is 0.472 e. The Hall–Kier alpha value is -1.77. The van der Waals surface area contributed by atoms with E-state index >= 15 is 0 Å². The van der Waals surface area contributed by atoms with Gasteiger partial charge in [0.2, 0.25) is 0 Å². The van der Waals surface area contributed by atoms with Gasteiger partial charge >= 0.3 is 19.8 Å². The average Bonchev–Trinajstić information content (AvgIpc) is 3.11. The average molecular weight is 742 g/mol. The first-order chi connectivity index (χ1) is 24.8. The zero-order valence-corrected chi connectivity index (χ0v) is 33.5. The smallest absolute Gasteiger partial charge is 0.462 e. The van der Waals surface area contributed by atoms with E-state index in [0.29, 0.717) is 12.8 Å². The van der Waals surface area contributed by atoms with Crippen LogP contribution in [0.1, 0.15) is 181 Å². The van der Waals surface area contributed by atoms with Crippen LogP contribution in [-0.4, -0.2) is 49.3 Å². The standard InChI is InChI=1S/C41H76NO8P/c1-3-5-7-9-11-13-15-17-19-21-23-25-27-29-31-33-40(43)47-37-39(38-49-51(45,46)48-36-35-42)50-41(44)34-32-30-28-26-24-22-20-18-16-14-12-10-8-6-4-2/h14,16,18,20,23,25,39H,3-13,15,17,19,21-22,24,26-38,42H2,1-2H3,(H,45,46)/b16-14+,20-18+,25-23+/t39-/m1/s1. The van der Waals surface area contributed by atoms with E-state index in [-0.39, 0.29) is 32.6 Å². The molecule has 0 aliphatic heterocycles. The molecule has 9 nitrogen and oxygen atoms in total. The number of carbonyl (C=O) groups is 2. The van der Waals surface area contributed by atoms with Crippen LogP contribution in [0, 0.1) is 0 Å². The predicted octanol–water partition coefficient (Wildman–Crippen LogP) is 11.4. The number of ether oxygens (including phenoxy) is 2. The fraction of sp³-hybridized carbons (Fsp3) is 0.805. The van der Waals surface area contributed by atoms with E-state index < -0.39 is 32.5 Å². The van der Waals surface area contributed by atoms with Crippen LogP contribution < -0.4 is 5.73 Å². The highest BCUT2D eigenvalue weighted by Crippen LogP contribution is 2.43. The summed E-state index contributed by atoms with van der Waals surface area (Å²) >= 11 is 0. The van der Waals surface area contributed by atoms with E-state index in [0.717, 1.165) is 57.8 Å². The maximum atomic E-state index is 12.5. The number of carbonyl (C=O) groups excluding carboxylic acids is 2. The third-order valence-electron chi connectivity index (χ3n) is 8.53. The van der Waals surface area contributed by atoms with Gasteiger partial charge in [-0.2, -0.15) is 0 Å². The summed E-state index contributed by atoms with van der Waals surface area (Å²) in [5.74, 6) is -0.872. The minimum atomic E-state index is -4.38. The lowest BCUT2D eigenvalue weighted by Gasteiger charge is -2.19. The lowest BCUT2D eigenvalue weighted by atomic mass is 10.1. The summed E-state index contributed by atoms with van der Waals surface area (Å²) in [6.07, 6.45) is 40.3. The van der Waals surface area contributed by atoms with Crippen LogP contribution in [0.15, 0.2) is 36.5 Å². The number of unbranched alkanes of at least 4 members (excludes halogenated alkanes) is 20. The molecule has 0 aromatic rings. The Kier molecular flexibility index (Phi) is 36.7. The van der Waals surface area contributed by atoms with Crippen LogP contribution in [0.3, 0.4) is 0 Å². The van der Waals surface area contributed by atoms with Gasteiger partial charge in [-0.1, -0.05) is 140 Å². The number of phosphoric acid groups is 1. The molecule has 2 atom stereocenters. The number of esters is 2. The van der Waals surface area contributed by atoms with Gasteiger partial charge in [0, 0.05) is 19.4 Å². The van der Waals surface area contributed by atoms with Crippen molar-refractivity contribution in [3.8, 4) is 0 Å². The maximum absolute atomic E-state index is 12.5. The first-order valence-electron chi connectivity index (χ1n) is 20.5. The topological polar surface area (TPSA) is 134 Å². The largest absolute Gasteiger partial charge is 0.472 e. The van der Waals surface area contributed by atoms with Crippen LogP contribution in [0.2, 0.25) is 0 Å². The Morgan fingerprint density at radius 2 is 1.02 bits per heavy atom. The van der Waals surface area contributed by atoms with Gasteiger partial charge in [-0.05, 0) is 64.2 Å². The van der Waals surface area contributed by atoms with E-state index in [1.54, 1.807) is 0 Å². The molecule has 0 saturated heterocycles. The number of hydrogen-bond acceptors (Lipinski definition) is 8. The summed E-state index contributed by atoms with van der Waals surface area (Å²) in [6.45, 7) is 3.66. The molecular formula is C41H76NO8P. The van der Waals surface area contributed by atoms with Crippen molar-refractivity contribution in [2.45, 2.75) is 187 Å². The molecule has 0 rings (SSSR count). The second kappa shape index (κ2) is 38.0. The van der Waals surface area contributed by atoms with Gasteiger partial charge in [-0.15, -0.1) is 0 Å². The molecule has 298 valence electrons. The zero-order chi connectivity index (χ0) is 37.5. The monoisotopic (exact) mass is 742 g/mol. The first-order valence-corrected chi connectivity index (χ1v) is 22.0. The van der Waals surface area contributed by atoms with Crippen molar-refractivity contribution in [2.75, 3.05) is 26.4 Å². The molecular weight excluding hydrogens is 665 g/mol. The van der Waals surface area contributed by atoms with Gasteiger partial charge in [-0.25, -0.2) is 4.57 Å². The zero-order valence-electron chi connectivity index (χ0n) is 32.6. The number of rotatable bonds is 38. The van der Waals surface area contributed by atoms with Crippen LogP contribution >= 0.6 is 7.82 Å². The lowest BCUT2D eigenvalue weighted by molar-refractivity contribution is -0.161. The summed E-state index contributed by atoms with van der Waals surface area (Å²) in [5.41, 5.74) is 5.33. The molecule has 3 N–H and O–H groups in total. The molecule has 0 fully saturated rings. The Bertz CT molecular complexity index is 939.